The predicted molar refractivity (Wildman–Crippen MR) is 73.3 cm³/mol. The van der Waals surface area contributed by atoms with Crippen LogP contribution in [0.25, 0.3) is 0 Å². The molecule has 0 saturated carbocycles. The maximum Gasteiger partial charge on any atom is 0.0699 e. The monoisotopic (exact) mass is 235 g/mol. The average Bonchev–Trinajstić information content (AvgIpc) is 2.36. The Morgan fingerprint density at radius 2 is 1.94 bits per heavy atom. The second kappa shape index (κ2) is 8.26. The molecule has 0 amide bonds. The fourth-order valence-corrected chi connectivity index (χ4v) is 2.16. The molecule has 0 heterocycles. The third-order valence-corrected chi connectivity index (χ3v) is 3.19. The topological polar surface area (TPSA) is 21.3 Å². The SMILES string of the molecule is CCOC(C)C(CCCc1ccccc1)NC. The number of nitrogens with one attached hydrogen (secondary N) is 1. The van der Waals surface area contributed by atoms with Gasteiger partial charge in [-0.25, -0.2) is 0 Å². The molecule has 17 heavy (non-hydrogen) atoms. The van der Waals surface area contributed by atoms with Crippen molar-refractivity contribution in [3.8, 4) is 0 Å². The second-order valence-corrected chi connectivity index (χ2v) is 4.43. The molecule has 1 aromatic rings. The highest BCUT2D eigenvalue weighted by atomic mass is 16.5. The molecule has 0 fully saturated rings. The van der Waals surface area contributed by atoms with Crippen molar-refractivity contribution in [1.82, 2.24) is 5.32 Å². The van der Waals surface area contributed by atoms with Crippen LogP contribution in [0.4, 0.5) is 0 Å². The lowest BCUT2D eigenvalue weighted by Crippen LogP contribution is -2.37. The molecule has 2 heteroatoms. The summed E-state index contributed by atoms with van der Waals surface area (Å²) in [5.74, 6) is 0. The summed E-state index contributed by atoms with van der Waals surface area (Å²) in [6, 6.07) is 11.1. The molecule has 0 saturated heterocycles. The van der Waals surface area contributed by atoms with Gasteiger partial charge in [-0.05, 0) is 45.7 Å². The summed E-state index contributed by atoms with van der Waals surface area (Å²) in [4.78, 5) is 0. The van der Waals surface area contributed by atoms with Crippen LogP contribution in [0.3, 0.4) is 0 Å². The van der Waals surface area contributed by atoms with E-state index in [1.54, 1.807) is 0 Å². The fraction of sp³-hybridized carbons (Fsp3) is 0.600. The van der Waals surface area contributed by atoms with Gasteiger partial charge in [0.05, 0.1) is 6.10 Å². The molecule has 1 rings (SSSR count). The molecule has 0 radical (unpaired) electrons. The normalized spacial score (nSPS) is 14.5. The van der Waals surface area contributed by atoms with Crippen LogP contribution in [0.1, 0.15) is 32.3 Å². The number of benzene rings is 1. The summed E-state index contributed by atoms with van der Waals surface area (Å²) in [5, 5.41) is 3.35. The van der Waals surface area contributed by atoms with E-state index in [0.717, 1.165) is 19.4 Å². The molecule has 0 bridgehead atoms. The van der Waals surface area contributed by atoms with E-state index in [1.807, 2.05) is 14.0 Å². The average molecular weight is 235 g/mol. The molecule has 0 spiro atoms. The molecule has 0 aliphatic carbocycles. The second-order valence-electron chi connectivity index (χ2n) is 4.43. The van der Waals surface area contributed by atoms with Gasteiger partial charge >= 0.3 is 0 Å². The number of hydrogen-bond donors (Lipinski definition) is 1. The Balaban J connectivity index is 2.28. The minimum Gasteiger partial charge on any atom is -0.377 e. The Kier molecular flexibility index (Phi) is 6.90. The van der Waals surface area contributed by atoms with Crippen molar-refractivity contribution in [2.24, 2.45) is 0 Å². The van der Waals surface area contributed by atoms with Crippen molar-refractivity contribution >= 4 is 0 Å². The molecular formula is C15H25NO. The van der Waals surface area contributed by atoms with Crippen LogP contribution >= 0.6 is 0 Å². The van der Waals surface area contributed by atoms with Gasteiger partial charge in [0.25, 0.3) is 0 Å². The predicted octanol–water partition coefficient (Wildman–Crippen LogP) is 3.02. The number of hydrogen-bond acceptors (Lipinski definition) is 2. The van der Waals surface area contributed by atoms with Crippen LogP contribution in [0.2, 0.25) is 0 Å². The van der Waals surface area contributed by atoms with Crippen LogP contribution in [0.15, 0.2) is 30.3 Å². The van der Waals surface area contributed by atoms with Crippen LogP contribution in [-0.4, -0.2) is 25.8 Å². The first kappa shape index (κ1) is 14.2. The van der Waals surface area contributed by atoms with Crippen molar-refractivity contribution < 1.29 is 4.74 Å². The largest absolute Gasteiger partial charge is 0.377 e. The maximum absolute atomic E-state index is 5.64. The minimum absolute atomic E-state index is 0.292. The van der Waals surface area contributed by atoms with Gasteiger partial charge in [-0.3, -0.25) is 0 Å². The summed E-state index contributed by atoms with van der Waals surface area (Å²) >= 11 is 0. The number of rotatable bonds is 8. The summed E-state index contributed by atoms with van der Waals surface area (Å²) < 4.78 is 5.64. The lowest BCUT2D eigenvalue weighted by molar-refractivity contribution is 0.0468. The highest BCUT2D eigenvalue weighted by Gasteiger charge is 2.14. The van der Waals surface area contributed by atoms with Gasteiger partial charge in [0, 0.05) is 12.6 Å². The van der Waals surface area contributed by atoms with Crippen molar-refractivity contribution in [3.63, 3.8) is 0 Å². The van der Waals surface area contributed by atoms with Crippen molar-refractivity contribution in [3.05, 3.63) is 35.9 Å². The van der Waals surface area contributed by atoms with E-state index in [4.69, 9.17) is 4.74 Å². The standard InChI is InChI=1S/C15H25NO/c1-4-17-13(2)15(16-3)12-8-11-14-9-6-5-7-10-14/h5-7,9-10,13,15-16H,4,8,11-12H2,1-3H3. The van der Waals surface area contributed by atoms with Crippen LogP contribution in [0.5, 0.6) is 0 Å². The summed E-state index contributed by atoms with van der Waals surface area (Å²) in [7, 11) is 2.02. The Bertz CT molecular complexity index is 286. The number of ether oxygens (including phenoxy) is 1. The zero-order valence-electron chi connectivity index (χ0n) is 11.3. The summed E-state index contributed by atoms with van der Waals surface area (Å²) in [5.41, 5.74) is 1.42. The lowest BCUT2D eigenvalue weighted by atomic mass is 10.0. The van der Waals surface area contributed by atoms with Crippen molar-refractivity contribution in [2.75, 3.05) is 13.7 Å². The number of likely N-dealkylation sites (N-methyl/N-ethyl adjacent to an activating group) is 1. The van der Waals surface area contributed by atoms with E-state index in [1.165, 1.54) is 12.0 Å². The quantitative estimate of drug-likeness (QED) is 0.748. The Labute approximate surface area is 105 Å². The van der Waals surface area contributed by atoms with Gasteiger partial charge in [0.15, 0.2) is 0 Å². The summed E-state index contributed by atoms with van der Waals surface area (Å²) in [6.45, 7) is 4.98. The van der Waals surface area contributed by atoms with Gasteiger partial charge in [-0.2, -0.15) is 0 Å². The summed E-state index contributed by atoms with van der Waals surface area (Å²) in [6.07, 6.45) is 3.80. The van der Waals surface area contributed by atoms with Gasteiger partial charge in [-0.1, -0.05) is 30.3 Å². The highest BCUT2D eigenvalue weighted by Crippen LogP contribution is 2.10. The smallest absolute Gasteiger partial charge is 0.0699 e. The van der Waals surface area contributed by atoms with E-state index in [9.17, 15) is 0 Å². The van der Waals surface area contributed by atoms with Crippen molar-refractivity contribution in [2.45, 2.75) is 45.3 Å². The molecule has 0 aromatic heterocycles. The Morgan fingerprint density at radius 3 is 2.53 bits per heavy atom. The Morgan fingerprint density at radius 1 is 1.24 bits per heavy atom. The highest BCUT2D eigenvalue weighted by molar-refractivity contribution is 5.14. The van der Waals surface area contributed by atoms with Crippen molar-refractivity contribution in [1.29, 1.82) is 0 Å². The minimum atomic E-state index is 0.292. The first-order chi connectivity index (χ1) is 8.27. The van der Waals surface area contributed by atoms with E-state index < -0.39 is 0 Å². The third kappa shape index (κ3) is 5.33. The molecule has 1 aromatic carbocycles. The zero-order valence-corrected chi connectivity index (χ0v) is 11.3. The first-order valence-electron chi connectivity index (χ1n) is 6.60. The van der Waals surface area contributed by atoms with E-state index in [2.05, 4.69) is 42.6 Å². The third-order valence-electron chi connectivity index (χ3n) is 3.19. The molecule has 0 aliphatic heterocycles. The molecule has 2 unspecified atom stereocenters. The zero-order chi connectivity index (χ0) is 12.5. The van der Waals surface area contributed by atoms with Crippen LogP contribution < -0.4 is 5.32 Å². The van der Waals surface area contributed by atoms with Crippen LogP contribution in [-0.2, 0) is 11.2 Å². The van der Waals surface area contributed by atoms with E-state index >= 15 is 0 Å². The Hall–Kier alpha value is -0.860. The molecule has 96 valence electrons. The first-order valence-corrected chi connectivity index (χ1v) is 6.60. The lowest BCUT2D eigenvalue weighted by Gasteiger charge is -2.23. The molecule has 1 N–H and O–H groups in total. The van der Waals surface area contributed by atoms with Gasteiger partial charge in [0.1, 0.15) is 0 Å². The van der Waals surface area contributed by atoms with Gasteiger partial charge in [0.2, 0.25) is 0 Å². The molecule has 2 nitrogen and oxygen atoms in total. The van der Waals surface area contributed by atoms with Gasteiger partial charge in [-0.15, -0.1) is 0 Å². The van der Waals surface area contributed by atoms with Gasteiger partial charge < -0.3 is 10.1 Å². The van der Waals surface area contributed by atoms with Crippen LogP contribution in [0, 0.1) is 0 Å². The molecular weight excluding hydrogens is 210 g/mol. The molecule has 2 atom stereocenters. The van der Waals surface area contributed by atoms with E-state index in [0.29, 0.717) is 12.1 Å². The maximum atomic E-state index is 5.64. The van der Waals surface area contributed by atoms with E-state index in [-0.39, 0.29) is 0 Å². The number of aryl methyl sites for hydroxylation is 1. The fourth-order valence-electron chi connectivity index (χ4n) is 2.16. The molecule has 0 aliphatic rings.